The quantitative estimate of drug-likeness (QED) is 0.566. The predicted octanol–water partition coefficient (Wildman–Crippen LogP) is 0.0237. The molecule has 2 atom stereocenters. The van der Waals surface area contributed by atoms with E-state index in [1.165, 1.54) is 0 Å². The fraction of sp³-hybridized carbons (Fsp3) is 0.571. The minimum Gasteiger partial charge on any atom is -0.395 e. The van der Waals surface area contributed by atoms with E-state index in [2.05, 4.69) is 0 Å². The molecule has 2 rings (SSSR count). The Morgan fingerprint density at radius 3 is 3.36 bits per heavy atom. The van der Waals surface area contributed by atoms with Gasteiger partial charge in [0, 0.05) is 12.0 Å². The number of hydrogen-bond acceptors (Lipinski definition) is 3. The number of amides is 1. The van der Waals surface area contributed by atoms with Crippen molar-refractivity contribution in [2.24, 2.45) is 5.92 Å². The van der Waals surface area contributed by atoms with Gasteiger partial charge >= 0.3 is 0 Å². The van der Waals surface area contributed by atoms with E-state index in [9.17, 15) is 4.79 Å². The molecule has 0 radical (unpaired) electrons. The van der Waals surface area contributed by atoms with Gasteiger partial charge < -0.3 is 10.0 Å². The molecule has 1 fully saturated rings. The molecular formula is C7H9NO2S. The monoisotopic (exact) mass is 171 g/mol. The Morgan fingerprint density at radius 1 is 1.82 bits per heavy atom. The molecule has 1 saturated heterocycles. The van der Waals surface area contributed by atoms with Crippen LogP contribution in [0.25, 0.3) is 0 Å². The second-order valence-electron chi connectivity index (χ2n) is 2.64. The minimum absolute atomic E-state index is 0.0131. The Balaban J connectivity index is 2.12. The molecule has 0 aliphatic carbocycles. The van der Waals surface area contributed by atoms with Crippen LogP contribution in [-0.4, -0.2) is 33.6 Å². The summed E-state index contributed by atoms with van der Waals surface area (Å²) in [5, 5.41) is 9.02. The zero-order valence-electron chi connectivity index (χ0n) is 5.93. The van der Waals surface area contributed by atoms with Crippen molar-refractivity contribution in [2.45, 2.75) is 5.37 Å². The molecule has 1 amide bonds. The molecule has 1 unspecified atom stereocenters. The van der Waals surface area contributed by atoms with Crippen LogP contribution in [0.2, 0.25) is 0 Å². The van der Waals surface area contributed by atoms with E-state index in [0.29, 0.717) is 0 Å². The van der Waals surface area contributed by atoms with Crippen LogP contribution in [0.1, 0.15) is 0 Å². The van der Waals surface area contributed by atoms with E-state index >= 15 is 0 Å². The Kier molecular flexibility index (Phi) is 1.65. The molecule has 4 heteroatoms. The number of nitrogens with zero attached hydrogens (tertiary/aromatic N) is 1. The first-order valence-electron chi connectivity index (χ1n) is 3.56. The highest BCUT2D eigenvalue weighted by molar-refractivity contribution is 8.00. The fourth-order valence-electron chi connectivity index (χ4n) is 1.38. The largest absolute Gasteiger partial charge is 0.395 e. The van der Waals surface area contributed by atoms with Gasteiger partial charge in [-0.25, -0.2) is 0 Å². The van der Waals surface area contributed by atoms with Crippen LogP contribution < -0.4 is 0 Å². The van der Waals surface area contributed by atoms with E-state index in [0.717, 1.165) is 5.75 Å². The highest BCUT2D eigenvalue weighted by Gasteiger charge is 2.46. The summed E-state index contributed by atoms with van der Waals surface area (Å²) in [6.45, 7) is -0.0131. The summed E-state index contributed by atoms with van der Waals surface area (Å²) < 4.78 is 0. The zero-order valence-corrected chi connectivity index (χ0v) is 6.75. The molecule has 1 N–H and O–H groups in total. The average Bonchev–Trinajstić information content (AvgIpc) is 2.05. The third kappa shape index (κ3) is 0.895. The lowest BCUT2D eigenvalue weighted by molar-refractivity contribution is -0.147. The highest BCUT2D eigenvalue weighted by Crippen LogP contribution is 2.37. The van der Waals surface area contributed by atoms with E-state index in [4.69, 9.17) is 5.11 Å². The maximum atomic E-state index is 11.1. The zero-order chi connectivity index (χ0) is 7.84. The SMILES string of the molecule is O=C1C(CO)[C@@H]2SCC=CN12. The summed E-state index contributed by atoms with van der Waals surface area (Å²) in [6, 6.07) is 0. The van der Waals surface area contributed by atoms with Gasteiger partial charge in [0.15, 0.2) is 0 Å². The van der Waals surface area contributed by atoms with Crippen molar-refractivity contribution in [3.63, 3.8) is 0 Å². The summed E-state index contributed by atoms with van der Waals surface area (Å²) in [6.07, 6.45) is 3.78. The second-order valence-corrected chi connectivity index (χ2v) is 3.79. The molecule has 2 aliphatic rings. The van der Waals surface area contributed by atoms with Crippen molar-refractivity contribution in [1.82, 2.24) is 4.90 Å². The van der Waals surface area contributed by atoms with Crippen LogP contribution in [0, 0.1) is 5.92 Å². The van der Waals surface area contributed by atoms with E-state index in [1.807, 2.05) is 12.3 Å². The fourth-order valence-corrected chi connectivity index (χ4v) is 2.55. The van der Waals surface area contributed by atoms with Gasteiger partial charge in [-0.15, -0.1) is 11.8 Å². The Bertz CT molecular complexity index is 216. The highest BCUT2D eigenvalue weighted by atomic mass is 32.2. The number of aliphatic hydroxyl groups excluding tert-OH is 1. The Morgan fingerprint density at radius 2 is 2.64 bits per heavy atom. The molecule has 2 aliphatic heterocycles. The molecule has 0 aromatic heterocycles. The molecule has 0 aromatic carbocycles. The minimum atomic E-state index is -0.148. The summed E-state index contributed by atoms with van der Waals surface area (Å²) in [5.41, 5.74) is 0. The van der Waals surface area contributed by atoms with Gasteiger partial charge in [-0.1, -0.05) is 6.08 Å². The predicted molar refractivity (Wildman–Crippen MR) is 42.8 cm³/mol. The first-order chi connectivity index (χ1) is 5.34. The Hall–Kier alpha value is -0.480. The normalized spacial score (nSPS) is 35.0. The lowest BCUT2D eigenvalue weighted by atomic mass is 10.00. The first-order valence-corrected chi connectivity index (χ1v) is 4.61. The number of rotatable bonds is 1. The van der Waals surface area contributed by atoms with Crippen molar-refractivity contribution >= 4 is 17.7 Å². The molecule has 3 nitrogen and oxygen atoms in total. The number of fused-ring (bicyclic) bond motifs is 1. The first kappa shape index (κ1) is 7.18. The number of hydrogen-bond donors (Lipinski definition) is 1. The number of aliphatic hydroxyl groups is 1. The molecule has 2 heterocycles. The topological polar surface area (TPSA) is 40.5 Å². The molecule has 0 saturated carbocycles. The van der Waals surface area contributed by atoms with Crippen LogP contribution in [0.3, 0.4) is 0 Å². The number of carbonyl (C=O) groups excluding carboxylic acids is 1. The molecule has 0 bridgehead atoms. The van der Waals surface area contributed by atoms with Gasteiger partial charge in [0.1, 0.15) is 0 Å². The van der Waals surface area contributed by atoms with Crippen LogP contribution in [0.4, 0.5) is 0 Å². The lowest BCUT2D eigenvalue weighted by Crippen LogP contribution is -2.58. The van der Waals surface area contributed by atoms with Gasteiger partial charge in [0.25, 0.3) is 0 Å². The van der Waals surface area contributed by atoms with Crippen molar-refractivity contribution in [3.8, 4) is 0 Å². The van der Waals surface area contributed by atoms with Gasteiger partial charge in [-0.3, -0.25) is 4.79 Å². The smallest absolute Gasteiger partial charge is 0.235 e. The molecule has 11 heavy (non-hydrogen) atoms. The van der Waals surface area contributed by atoms with E-state index < -0.39 is 0 Å². The summed E-state index contributed by atoms with van der Waals surface area (Å²) in [5.74, 6) is 0.858. The summed E-state index contributed by atoms with van der Waals surface area (Å²) in [4.78, 5) is 12.8. The third-order valence-corrected chi connectivity index (χ3v) is 3.30. The van der Waals surface area contributed by atoms with Gasteiger partial charge in [-0.05, 0) is 0 Å². The van der Waals surface area contributed by atoms with Gasteiger partial charge in [0.2, 0.25) is 5.91 Å². The van der Waals surface area contributed by atoms with Crippen molar-refractivity contribution in [2.75, 3.05) is 12.4 Å². The average molecular weight is 171 g/mol. The lowest BCUT2D eigenvalue weighted by Gasteiger charge is -2.45. The molecule has 0 aromatic rings. The van der Waals surface area contributed by atoms with Gasteiger partial charge in [-0.2, -0.15) is 0 Å². The van der Waals surface area contributed by atoms with Gasteiger partial charge in [0.05, 0.1) is 17.9 Å². The van der Waals surface area contributed by atoms with Crippen molar-refractivity contribution in [1.29, 1.82) is 0 Å². The standard InChI is InChI=1S/C7H9NO2S/c9-4-5-6(10)8-2-1-3-11-7(5)8/h1-2,5,7,9H,3-4H2/t5?,7-/m0/s1. The number of β-lactam (4-membered cyclic amide) rings is 1. The van der Waals surface area contributed by atoms with Crippen LogP contribution in [-0.2, 0) is 4.79 Å². The van der Waals surface area contributed by atoms with E-state index in [-0.39, 0.29) is 23.8 Å². The molecule has 60 valence electrons. The Labute approximate surface area is 69.1 Å². The van der Waals surface area contributed by atoms with Crippen molar-refractivity contribution < 1.29 is 9.90 Å². The van der Waals surface area contributed by atoms with Crippen LogP contribution in [0.5, 0.6) is 0 Å². The maximum absolute atomic E-state index is 11.1. The molecule has 0 spiro atoms. The summed E-state index contributed by atoms with van der Waals surface area (Å²) in [7, 11) is 0. The number of thioether (sulfide) groups is 1. The van der Waals surface area contributed by atoms with Crippen molar-refractivity contribution in [3.05, 3.63) is 12.3 Å². The van der Waals surface area contributed by atoms with E-state index in [1.54, 1.807) is 16.7 Å². The second kappa shape index (κ2) is 2.53. The third-order valence-electron chi connectivity index (χ3n) is 2.02. The summed E-state index contributed by atoms with van der Waals surface area (Å²) >= 11 is 1.71. The van der Waals surface area contributed by atoms with Crippen LogP contribution >= 0.6 is 11.8 Å². The maximum Gasteiger partial charge on any atom is 0.235 e. The molecular weight excluding hydrogens is 162 g/mol. The number of carbonyl (C=O) groups is 1. The van der Waals surface area contributed by atoms with Crippen LogP contribution in [0.15, 0.2) is 12.3 Å².